The van der Waals surface area contributed by atoms with Gasteiger partial charge in [-0.25, -0.2) is 0 Å². The van der Waals surface area contributed by atoms with Crippen molar-refractivity contribution in [2.45, 2.75) is 27.2 Å². The minimum Gasteiger partial charge on any atom is -0.0656 e. The Kier molecular flexibility index (Phi) is 5.35. The zero-order chi connectivity index (χ0) is 11.8. The van der Waals surface area contributed by atoms with Gasteiger partial charge in [0.25, 0.3) is 0 Å². The Morgan fingerprint density at radius 3 is 1.62 bits per heavy atom. The van der Waals surface area contributed by atoms with E-state index in [0.717, 1.165) is 0 Å². The lowest BCUT2D eigenvalue weighted by Crippen LogP contribution is -1.76. The molecule has 0 fully saturated rings. The second kappa shape index (κ2) is 6.84. The summed E-state index contributed by atoms with van der Waals surface area (Å²) in [7, 11) is 0. The van der Waals surface area contributed by atoms with E-state index in [2.05, 4.69) is 69.3 Å². The molecule has 0 aliphatic carbocycles. The molecule has 0 heteroatoms. The van der Waals surface area contributed by atoms with Crippen LogP contribution in [0.2, 0.25) is 0 Å². The molecule has 0 aliphatic rings. The number of hydrogen-bond donors (Lipinski definition) is 0. The van der Waals surface area contributed by atoms with Crippen LogP contribution < -0.4 is 0 Å². The molecular weight excluding hydrogens is 192 g/mol. The van der Waals surface area contributed by atoms with E-state index >= 15 is 0 Å². The number of hydrogen-bond acceptors (Lipinski definition) is 0. The summed E-state index contributed by atoms with van der Waals surface area (Å²) in [5, 5.41) is 0. The maximum atomic E-state index is 2.16. The van der Waals surface area contributed by atoms with Gasteiger partial charge in [0.1, 0.15) is 0 Å². The smallest absolute Gasteiger partial charge is 0.0184 e. The molecule has 0 spiro atoms. The molecule has 0 aliphatic heterocycles. The second-order valence-corrected chi connectivity index (χ2v) is 3.94. The first-order chi connectivity index (χ1) is 7.77. The molecule has 0 amide bonds. The van der Waals surface area contributed by atoms with E-state index in [4.69, 9.17) is 0 Å². The van der Waals surface area contributed by atoms with Crippen molar-refractivity contribution in [2.75, 3.05) is 0 Å². The molecule has 0 saturated heterocycles. The van der Waals surface area contributed by atoms with Crippen LogP contribution in [0, 0.1) is 6.92 Å². The standard InChI is InChI=1S/C13H12.C3H8/c1-11-7-9-13(10-8-11)12-5-3-2-4-6-12;1-3-2/h2-10H,1H3;3H2,1-2H3. The van der Waals surface area contributed by atoms with Crippen molar-refractivity contribution in [1.29, 1.82) is 0 Å². The van der Waals surface area contributed by atoms with Crippen LogP contribution in [0.15, 0.2) is 54.6 Å². The fraction of sp³-hybridized carbons (Fsp3) is 0.250. The molecule has 2 aromatic carbocycles. The highest BCUT2D eigenvalue weighted by Gasteiger charge is 1.93. The van der Waals surface area contributed by atoms with Crippen LogP contribution in [0.5, 0.6) is 0 Å². The van der Waals surface area contributed by atoms with Crippen LogP contribution in [0.25, 0.3) is 11.1 Å². The molecule has 0 bridgehead atoms. The third kappa shape index (κ3) is 3.90. The molecule has 0 nitrogen and oxygen atoms in total. The Labute approximate surface area is 99.0 Å². The molecule has 0 N–H and O–H groups in total. The molecule has 0 atom stereocenters. The normalized spacial score (nSPS) is 9.19. The van der Waals surface area contributed by atoms with Crippen molar-refractivity contribution < 1.29 is 0 Å². The van der Waals surface area contributed by atoms with Gasteiger partial charge in [0.2, 0.25) is 0 Å². The Morgan fingerprint density at radius 1 is 0.688 bits per heavy atom. The molecule has 84 valence electrons. The van der Waals surface area contributed by atoms with E-state index in [1.165, 1.54) is 23.1 Å². The maximum Gasteiger partial charge on any atom is -0.0184 e. The van der Waals surface area contributed by atoms with Crippen molar-refractivity contribution >= 4 is 0 Å². The Bertz CT molecular complexity index is 384. The highest BCUT2D eigenvalue weighted by atomic mass is 14.0. The van der Waals surface area contributed by atoms with Crippen LogP contribution in [0.3, 0.4) is 0 Å². The van der Waals surface area contributed by atoms with Gasteiger partial charge in [0.05, 0.1) is 0 Å². The fourth-order valence-electron chi connectivity index (χ4n) is 1.38. The van der Waals surface area contributed by atoms with Crippen LogP contribution in [0.4, 0.5) is 0 Å². The number of benzene rings is 2. The van der Waals surface area contributed by atoms with E-state index in [1.54, 1.807) is 0 Å². The summed E-state index contributed by atoms with van der Waals surface area (Å²) in [6, 6.07) is 19.0. The van der Waals surface area contributed by atoms with E-state index in [0.29, 0.717) is 0 Å². The average Bonchev–Trinajstić information content (AvgIpc) is 2.32. The first kappa shape index (κ1) is 12.5. The number of aryl methyl sites for hydroxylation is 1. The lowest BCUT2D eigenvalue weighted by molar-refractivity contribution is 1.09. The van der Waals surface area contributed by atoms with Crippen molar-refractivity contribution in [3.8, 4) is 11.1 Å². The third-order valence-corrected chi connectivity index (χ3v) is 2.16. The number of rotatable bonds is 1. The van der Waals surface area contributed by atoms with Gasteiger partial charge in [-0.05, 0) is 18.1 Å². The van der Waals surface area contributed by atoms with Crippen molar-refractivity contribution in [1.82, 2.24) is 0 Å². The Hall–Kier alpha value is -1.56. The first-order valence-corrected chi connectivity index (χ1v) is 5.90. The Morgan fingerprint density at radius 2 is 1.12 bits per heavy atom. The van der Waals surface area contributed by atoms with Gasteiger partial charge in [0.15, 0.2) is 0 Å². The second-order valence-electron chi connectivity index (χ2n) is 3.94. The molecule has 16 heavy (non-hydrogen) atoms. The van der Waals surface area contributed by atoms with Crippen LogP contribution in [-0.4, -0.2) is 0 Å². The highest BCUT2D eigenvalue weighted by molar-refractivity contribution is 5.63. The van der Waals surface area contributed by atoms with Crippen molar-refractivity contribution in [3.05, 3.63) is 60.2 Å². The van der Waals surface area contributed by atoms with Crippen molar-refractivity contribution in [3.63, 3.8) is 0 Å². The SMILES string of the molecule is CCC.Cc1ccc(-c2ccccc2)cc1. The minimum absolute atomic E-state index is 1.25. The van der Waals surface area contributed by atoms with Crippen LogP contribution >= 0.6 is 0 Å². The van der Waals surface area contributed by atoms with Crippen molar-refractivity contribution in [2.24, 2.45) is 0 Å². The van der Waals surface area contributed by atoms with Crippen LogP contribution in [0.1, 0.15) is 25.8 Å². The largest absolute Gasteiger partial charge is 0.0656 e. The minimum atomic E-state index is 1.25. The van der Waals surface area contributed by atoms with Gasteiger partial charge in [-0.3, -0.25) is 0 Å². The summed E-state index contributed by atoms with van der Waals surface area (Å²) in [6.45, 7) is 6.36. The quantitative estimate of drug-likeness (QED) is 0.618. The lowest BCUT2D eigenvalue weighted by Gasteiger charge is -2.00. The summed E-state index contributed by atoms with van der Waals surface area (Å²) in [4.78, 5) is 0. The van der Waals surface area contributed by atoms with E-state index < -0.39 is 0 Å². The summed E-state index contributed by atoms with van der Waals surface area (Å²) < 4.78 is 0. The molecule has 0 heterocycles. The molecule has 0 aromatic heterocycles. The van der Waals surface area contributed by atoms with Gasteiger partial charge in [0, 0.05) is 0 Å². The predicted molar refractivity (Wildman–Crippen MR) is 72.6 cm³/mol. The third-order valence-electron chi connectivity index (χ3n) is 2.16. The van der Waals surface area contributed by atoms with Crippen LogP contribution in [-0.2, 0) is 0 Å². The first-order valence-electron chi connectivity index (χ1n) is 5.90. The van der Waals surface area contributed by atoms with E-state index in [1.807, 2.05) is 6.07 Å². The van der Waals surface area contributed by atoms with Gasteiger partial charge in [-0.2, -0.15) is 0 Å². The topological polar surface area (TPSA) is 0 Å². The molecule has 2 rings (SSSR count). The predicted octanol–water partition coefficient (Wildman–Crippen LogP) is 5.08. The maximum absolute atomic E-state index is 2.16. The fourth-order valence-corrected chi connectivity index (χ4v) is 1.38. The Balaban J connectivity index is 0.000000386. The van der Waals surface area contributed by atoms with Gasteiger partial charge >= 0.3 is 0 Å². The van der Waals surface area contributed by atoms with Gasteiger partial charge in [-0.15, -0.1) is 0 Å². The summed E-state index contributed by atoms with van der Waals surface area (Å²) in [5.74, 6) is 0. The van der Waals surface area contributed by atoms with Gasteiger partial charge < -0.3 is 0 Å². The average molecular weight is 212 g/mol. The molecule has 0 saturated carbocycles. The molecule has 0 unspecified atom stereocenters. The molecule has 2 aromatic rings. The molecule has 0 radical (unpaired) electrons. The van der Waals surface area contributed by atoms with E-state index in [-0.39, 0.29) is 0 Å². The zero-order valence-corrected chi connectivity index (χ0v) is 10.4. The summed E-state index contributed by atoms with van der Waals surface area (Å²) in [6.07, 6.45) is 1.25. The van der Waals surface area contributed by atoms with E-state index in [9.17, 15) is 0 Å². The van der Waals surface area contributed by atoms with Gasteiger partial charge in [-0.1, -0.05) is 80.4 Å². The lowest BCUT2D eigenvalue weighted by atomic mass is 10.0. The summed E-state index contributed by atoms with van der Waals surface area (Å²) in [5.41, 5.74) is 3.87. The monoisotopic (exact) mass is 212 g/mol. The zero-order valence-electron chi connectivity index (χ0n) is 10.4. The molecular formula is C16H20. The summed E-state index contributed by atoms with van der Waals surface area (Å²) >= 11 is 0. The highest BCUT2D eigenvalue weighted by Crippen LogP contribution is 2.18.